The van der Waals surface area contributed by atoms with Crippen LogP contribution in [0.1, 0.15) is 19.4 Å². The van der Waals surface area contributed by atoms with Crippen molar-refractivity contribution in [2.75, 3.05) is 0 Å². The highest BCUT2D eigenvalue weighted by Gasteiger charge is 2.18. The maximum absolute atomic E-state index is 7.96. The van der Waals surface area contributed by atoms with Gasteiger partial charge in [0.15, 0.2) is 0 Å². The lowest BCUT2D eigenvalue weighted by atomic mass is 9.95. The number of pyridine rings is 1. The molecule has 2 heteroatoms. The Hall–Kier alpha value is -4.17. The number of aromatic nitrogens is 1. The SMILES string of the molecule is [2H]C([2H])([2H])c1cnc(-c2cccc3c2oc2c(-c4ccccc4)cc(-c4ccccc4)cc23)cc1C([2H])([2H])[2H]. The van der Waals surface area contributed by atoms with Gasteiger partial charge in [-0.05, 0) is 65.8 Å². The molecule has 2 aromatic heterocycles. The van der Waals surface area contributed by atoms with Crippen molar-refractivity contribution in [1.29, 1.82) is 0 Å². The van der Waals surface area contributed by atoms with Gasteiger partial charge in [-0.3, -0.25) is 4.98 Å². The normalized spacial score (nSPS) is 14.8. The fourth-order valence-corrected chi connectivity index (χ4v) is 4.33. The molecular formula is C31H23NO. The van der Waals surface area contributed by atoms with E-state index in [4.69, 9.17) is 12.6 Å². The summed E-state index contributed by atoms with van der Waals surface area (Å²) in [6.07, 6.45) is 1.15. The molecule has 0 aliphatic heterocycles. The summed E-state index contributed by atoms with van der Waals surface area (Å²) in [5.41, 5.74) is 5.73. The average molecular weight is 432 g/mol. The molecule has 33 heavy (non-hydrogen) atoms. The van der Waals surface area contributed by atoms with Gasteiger partial charge in [0.2, 0.25) is 0 Å². The molecule has 0 amide bonds. The van der Waals surface area contributed by atoms with Crippen LogP contribution in [0.15, 0.2) is 108 Å². The number of para-hydroxylation sites is 1. The van der Waals surface area contributed by atoms with Crippen molar-refractivity contribution < 1.29 is 12.6 Å². The summed E-state index contributed by atoms with van der Waals surface area (Å²) in [5.74, 6) is 0. The van der Waals surface area contributed by atoms with Crippen molar-refractivity contribution in [3.05, 3.63) is 114 Å². The van der Waals surface area contributed by atoms with Crippen LogP contribution in [0.25, 0.3) is 55.4 Å². The smallest absolute Gasteiger partial charge is 0.144 e. The van der Waals surface area contributed by atoms with Crippen LogP contribution in [-0.2, 0) is 0 Å². The van der Waals surface area contributed by atoms with Crippen LogP contribution in [0.3, 0.4) is 0 Å². The van der Waals surface area contributed by atoms with Crippen molar-refractivity contribution in [3.63, 3.8) is 0 Å². The summed E-state index contributed by atoms with van der Waals surface area (Å²) in [6, 6.07) is 31.4. The van der Waals surface area contributed by atoms with E-state index in [2.05, 4.69) is 29.2 Å². The van der Waals surface area contributed by atoms with Crippen LogP contribution in [0.2, 0.25) is 0 Å². The highest BCUT2D eigenvalue weighted by molar-refractivity contribution is 6.14. The van der Waals surface area contributed by atoms with Gasteiger partial charge in [-0.1, -0.05) is 72.8 Å². The molecule has 6 rings (SSSR count). The van der Waals surface area contributed by atoms with E-state index >= 15 is 0 Å². The summed E-state index contributed by atoms with van der Waals surface area (Å²) in [4.78, 5) is 4.39. The largest absolute Gasteiger partial charge is 0.455 e. The molecule has 0 radical (unpaired) electrons. The minimum absolute atomic E-state index is 0.239. The van der Waals surface area contributed by atoms with E-state index < -0.39 is 13.7 Å². The maximum Gasteiger partial charge on any atom is 0.144 e. The van der Waals surface area contributed by atoms with Crippen molar-refractivity contribution in [3.8, 4) is 33.5 Å². The predicted octanol–water partition coefficient (Wildman–Crippen LogP) is 8.60. The summed E-state index contributed by atoms with van der Waals surface area (Å²) in [7, 11) is 0. The zero-order valence-corrected chi connectivity index (χ0v) is 17.7. The van der Waals surface area contributed by atoms with E-state index in [0.29, 0.717) is 22.4 Å². The molecule has 0 aliphatic carbocycles. The van der Waals surface area contributed by atoms with Gasteiger partial charge in [0.05, 0.1) is 5.69 Å². The fourth-order valence-electron chi connectivity index (χ4n) is 4.33. The van der Waals surface area contributed by atoms with Crippen molar-refractivity contribution in [2.24, 2.45) is 0 Å². The molecule has 0 bridgehead atoms. The van der Waals surface area contributed by atoms with E-state index in [1.165, 1.54) is 6.07 Å². The van der Waals surface area contributed by atoms with Crippen molar-refractivity contribution in [2.45, 2.75) is 13.7 Å². The second kappa shape index (κ2) is 7.75. The highest BCUT2D eigenvalue weighted by Crippen LogP contribution is 2.42. The minimum Gasteiger partial charge on any atom is -0.455 e. The predicted molar refractivity (Wildman–Crippen MR) is 137 cm³/mol. The third-order valence-corrected chi connectivity index (χ3v) is 5.97. The van der Waals surface area contributed by atoms with Crippen LogP contribution in [0.5, 0.6) is 0 Å². The minimum atomic E-state index is -2.62. The van der Waals surface area contributed by atoms with Gasteiger partial charge in [-0.2, -0.15) is 0 Å². The molecule has 0 saturated carbocycles. The van der Waals surface area contributed by atoms with Crippen LogP contribution < -0.4 is 0 Å². The number of benzene rings is 4. The van der Waals surface area contributed by atoms with Crippen molar-refractivity contribution >= 4 is 21.9 Å². The number of rotatable bonds is 3. The number of furan rings is 1. The molecule has 0 aliphatic rings. The van der Waals surface area contributed by atoms with Crippen LogP contribution in [0.4, 0.5) is 0 Å². The first-order valence-electron chi connectivity index (χ1n) is 13.7. The summed E-state index contributed by atoms with van der Waals surface area (Å²) in [6.45, 7) is -5.21. The number of hydrogen-bond acceptors (Lipinski definition) is 2. The van der Waals surface area contributed by atoms with Gasteiger partial charge >= 0.3 is 0 Å². The third-order valence-electron chi connectivity index (χ3n) is 5.97. The quantitative estimate of drug-likeness (QED) is 0.280. The van der Waals surface area contributed by atoms with Gasteiger partial charge < -0.3 is 4.42 Å². The molecular weight excluding hydrogens is 402 g/mol. The van der Waals surface area contributed by atoms with Gasteiger partial charge in [-0.25, -0.2) is 0 Å². The molecule has 0 N–H and O–H groups in total. The lowest BCUT2D eigenvalue weighted by molar-refractivity contribution is 0.671. The molecule has 0 fully saturated rings. The van der Waals surface area contributed by atoms with Crippen LogP contribution >= 0.6 is 0 Å². The standard InChI is InChI=1S/C31H23NO/c1-20-16-29(32-19-21(20)2)26-15-9-14-25-28-18-24(22-10-5-3-6-11-22)17-27(31(28)33-30(25)26)23-12-7-4-8-13-23/h3-19H,1-2H3/i1D3,2D3. The highest BCUT2D eigenvalue weighted by atomic mass is 16.3. The molecule has 6 aromatic rings. The second-order valence-electron chi connectivity index (χ2n) is 8.03. The third kappa shape index (κ3) is 3.32. The lowest BCUT2D eigenvalue weighted by Crippen LogP contribution is -1.88. The Kier molecular flexibility index (Phi) is 3.31. The molecule has 0 spiro atoms. The molecule has 4 aromatic carbocycles. The first kappa shape index (κ1) is 14.1. The number of aryl methyl sites for hydroxylation is 2. The molecule has 2 heterocycles. The topological polar surface area (TPSA) is 26.0 Å². The van der Waals surface area contributed by atoms with Gasteiger partial charge in [0, 0.05) is 36.3 Å². The molecule has 158 valence electrons. The number of fused-ring (bicyclic) bond motifs is 3. The number of hydrogen-bond donors (Lipinski definition) is 0. The van der Waals surface area contributed by atoms with Crippen LogP contribution in [0, 0.1) is 13.7 Å². The Morgan fingerprint density at radius 2 is 1.33 bits per heavy atom. The molecule has 2 nitrogen and oxygen atoms in total. The maximum atomic E-state index is 7.96. The van der Waals surface area contributed by atoms with Crippen molar-refractivity contribution in [1.82, 2.24) is 4.98 Å². The van der Waals surface area contributed by atoms with Crippen LogP contribution in [-0.4, -0.2) is 4.98 Å². The fraction of sp³-hybridized carbons (Fsp3) is 0.0645. The number of nitrogens with zero attached hydrogens (tertiary/aromatic N) is 1. The monoisotopic (exact) mass is 431 g/mol. The van der Waals surface area contributed by atoms with Gasteiger partial charge in [0.25, 0.3) is 0 Å². The second-order valence-corrected chi connectivity index (χ2v) is 8.03. The van der Waals surface area contributed by atoms with E-state index in [0.717, 1.165) is 39.2 Å². The van der Waals surface area contributed by atoms with Gasteiger partial charge in [0.1, 0.15) is 11.2 Å². The molecule has 0 atom stereocenters. The zero-order valence-electron chi connectivity index (χ0n) is 23.7. The van der Waals surface area contributed by atoms with E-state index in [9.17, 15) is 0 Å². The first-order chi connectivity index (χ1) is 18.6. The lowest BCUT2D eigenvalue weighted by Gasteiger charge is -2.08. The first-order valence-corrected chi connectivity index (χ1v) is 10.7. The van der Waals surface area contributed by atoms with E-state index in [1.807, 2.05) is 66.7 Å². The average Bonchev–Trinajstić information content (AvgIpc) is 3.31. The van der Waals surface area contributed by atoms with Gasteiger partial charge in [-0.15, -0.1) is 0 Å². The Balaban J connectivity index is 1.64. The summed E-state index contributed by atoms with van der Waals surface area (Å²) < 4.78 is 53.8. The Morgan fingerprint density at radius 1 is 0.606 bits per heavy atom. The summed E-state index contributed by atoms with van der Waals surface area (Å²) in [5, 5.41) is 1.77. The Morgan fingerprint density at radius 3 is 2.09 bits per heavy atom. The summed E-state index contributed by atoms with van der Waals surface area (Å²) >= 11 is 0. The Bertz CT molecular complexity index is 1820. The Labute approximate surface area is 201 Å². The van der Waals surface area contributed by atoms with E-state index in [1.54, 1.807) is 0 Å². The molecule has 0 saturated heterocycles. The zero-order chi connectivity index (χ0) is 27.4. The van der Waals surface area contributed by atoms with E-state index in [-0.39, 0.29) is 11.1 Å². The molecule has 0 unspecified atom stereocenters.